The Morgan fingerprint density at radius 1 is 0.939 bits per heavy atom. The maximum absolute atomic E-state index is 12.9. The molecular formula is C26H37N3O4. The van der Waals surface area contributed by atoms with E-state index in [0.29, 0.717) is 5.69 Å². The molecule has 2 amide bonds. The molecule has 33 heavy (non-hydrogen) atoms. The maximum Gasteiger partial charge on any atom is 0.255 e. The van der Waals surface area contributed by atoms with Crippen LogP contribution >= 0.6 is 0 Å². The van der Waals surface area contributed by atoms with Crippen molar-refractivity contribution in [2.75, 3.05) is 6.61 Å². The number of nitrogens with one attached hydrogen (secondary N) is 2. The molecule has 1 fully saturated rings. The average molecular weight is 456 g/mol. The van der Waals surface area contributed by atoms with Gasteiger partial charge in [0.15, 0.2) is 0 Å². The summed E-state index contributed by atoms with van der Waals surface area (Å²) >= 11 is 0. The van der Waals surface area contributed by atoms with Gasteiger partial charge in [-0.3, -0.25) is 9.59 Å². The number of hydrogen-bond acceptors (Lipinski definition) is 4. The second-order valence-corrected chi connectivity index (χ2v) is 8.97. The van der Waals surface area contributed by atoms with Crippen molar-refractivity contribution in [3.63, 3.8) is 0 Å². The quantitative estimate of drug-likeness (QED) is 0.527. The molecule has 1 heterocycles. The number of aromatic nitrogens is 1. The number of aliphatic hydroxyl groups is 1. The van der Waals surface area contributed by atoms with Gasteiger partial charge < -0.3 is 25.4 Å². The topological polar surface area (TPSA) is 104 Å². The Hall–Kier alpha value is -2.80. The van der Waals surface area contributed by atoms with Gasteiger partial charge in [-0.15, -0.1) is 0 Å². The molecular weight excluding hydrogens is 418 g/mol. The van der Waals surface area contributed by atoms with Gasteiger partial charge in [0.1, 0.15) is 11.8 Å². The van der Waals surface area contributed by atoms with Crippen LogP contribution in [0.2, 0.25) is 0 Å². The first-order chi connectivity index (χ1) is 16.1. The molecule has 1 atom stereocenters. The molecule has 0 spiro atoms. The van der Waals surface area contributed by atoms with Gasteiger partial charge in [0.25, 0.3) is 5.91 Å². The van der Waals surface area contributed by atoms with E-state index in [-0.39, 0.29) is 23.3 Å². The molecule has 0 bridgehead atoms. The maximum atomic E-state index is 12.9. The van der Waals surface area contributed by atoms with Crippen LogP contribution in [-0.2, 0) is 4.79 Å². The SMILES string of the molecule is O=C(NC(CO)C(=O)NC1CCCCCCCCCCC1)c1cc(-n2cccc2)ccc1O. The van der Waals surface area contributed by atoms with Gasteiger partial charge in [0.05, 0.1) is 12.2 Å². The van der Waals surface area contributed by atoms with E-state index in [2.05, 4.69) is 10.6 Å². The minimum atomic E-state index is -1.08. The van der Waals surface area contributed by atoms with Crippen molar-refractivity contribution in [3.05, 3.63) is 48.3 Å². The number of rotatable bonds is 6. The van der Waals surface area contributed by atoms with E-state index in [1.165, 1.54) is 51.0 Å². The lowest BCUT2D eigenvalue weighted by atomic mass is 9.97. The van der Waals surface area contributed by atoms with E-state index in [4.69, 9.17) is 0 Å². The smallest absolute Gasteiger partial charge is 0.255 e. The largest absolute Gasteiger partial charge is 0.507 e. The summed E-state index contributed by atoms with van der Waals surface area (Å²) in [6.45, 7) is -0.512. The van der Waals surface area contributed by atoms with Crippen molar-refractivity contribution < 1.29 is 19.8 Å². The lowest BCUT2D eigenvalue weighted by Crippen LogP contribution is -2.51. The van der Waals surface area contributed by atoms with E-state index in [1.54, 1.807) is 12.1 Å². The van der Waals surface area contributed by atoms with Crippen LogP contribution in [0.3, 0.4) is 0 Å². The summed E-state index contributed by atoms with van der Waals surface area (Å²) in [5, 5.41) is 25.6. The summed E-state index contributed by atoms with van der Waals surface area (Å²) in [4.78, 5) is 25.7. The van der Waals surface area contributed by atoms with Crippen LogP contribution in [0.5, 0.6) is 5.75 Å². The minimum Gasteiger partial charge on any atom is -0.507 e. The predicted molar refractivity (Wildman–Crippen MR) is 128 cm³/mol. The fourth-order valence-corrected chi connectivity index (χ4v) is 4.41. The first-order valence-electron chi connectivity index (χ1n) is 12.3. The number of nitrogens with zero attached hydrogens (tertiary/aromatic N) is 1. The van der Waals surface area contributed by atoms with Gasteiger partial charge in [0.2, 0.25) is 5.91 Å². The van der Waals surface area contributed by atoms with Gasteiger partial charge in [-0.05, 0) is 43.2 Å². The number of aliphatic hydroxyl groups excluding tert-OH is 1. The van der Waals surface area contributed by atoms with Crippen molar-refractivity contribution in [1.82, 2.24) is 15.2 Å². The summed E-state index contributed by atoms with van der Waals surface area (Å²) in [6.07, 6.45) is 16.3. The first-order valence-corrected chi connectivity index (χ1v) is 12.3. The minimum absolute atomic E-state index is 0.0494. The molecule has 0 saturated heterocycles. The van der Waals surface area contributed by atoms with Crippen molar-refractivity contribution in [2.45, 2.75) is 82.7 Å². The lowest BCUT2D eigenvalue weighted by molar-refractivity contribution is -0.124. The number of carbonyl (C=O) groups is 2. The monoisotopic (exact) mass is 455 g/mol. The van der Waals surface area contributed by atoms with Crippen molar-refractivity contribution >= 4 is 11.8 Å². The van der Waals surface area contributed by atoms with E-state index >= 15 is 0 Å². The van der Waals surface area contributed by atoms with Crippen LogP contribution in [-0.4, -0.2) is 45.3 Å². The van der Waals surface area contributed by atoms with E-state index in [1.807, 2.05) is 29.1 Å². The highest BCUT2D eigenvalue weighted by Gasteiger charge is 2.24. The molecule has 1 aliphatic carbocycles. The Bertz CT molecular complexity index is 870. The van der Waals surface area contributed by atoms with Crippen LogP contribution in [0.4, 0.5) is 0 Å². The van der Waals surface area contributed by atoms with Crippen LogP contribution in [0.1, 0.15) is 81.0 Å². The van der Waals surface area contributed by atoms with Gasteiger partial charge in [-0.1, -0.05) is 57.8 Å². The summed E-state index contributed by atoms with van der Waals surface area (Å²) in [5.74, 6) is -1.17. The molecule has 7 nitrogen and oxygen atoms in total. The molecule has 1 aromatic carbocycles. The highest BCUT2D eigenvalue weighted by atomic mass is 16.3. The normalized spacial score (nSPS) is 17.4. The number of amides is 2. The van der Waals surface area contributed by atoms with Crippen LogP contribution in [0.15, 0.2) is 42.7 Å². The van der Waals surface area contributed by atoms with Crippen molar-refractivity contribution in [3.8, 4) is 11.4 Å². The van der Waals surface area contributed by atoms with Crippen molar-refractivity contribution in [1.29, 1.82) is 0 Å². The van der Waals surface area contributed by atoms with Gasteiger partial charge in [-0.25, -0.2) is 0 Å². The Kier molecular flexibility index (Phi) is 9.81. The Labute approximate surface area is 196 Å². The molecule has 0 radical (unpaired) electrons. The van der Waals surface area contributed by atoms with E-state index in [0.717, 1.165) is 25.7 Å². The Morgan fingerprint density at radius 2 is 1.52 bits per heavy atom. The van der Waals surface area contributed by atoms with Crippen LogP contribution in [0, 0.1) is 0 Å². The van der Waals surface area contributed by atoms with Crippen LogP contribution < -0.4 is 10.6 Å². The number of carbonyl (C=O) groups excluding carboxylic acids is 2. The number of phenolic OH excluding ortho intramolecular Hbond substituents is 1. The number of benzene rings is 1. The van der Waals surface area contributed by atoms with Gasteiger partial charge in [0, 0.05) is 24.1 Å². The fraction of sp³-hybridized carbons (Fsp3) is 0.538. The highest BCUT2D eigenvalue weighted by molar-refractivity contribution is 6.00. The molecule has 1 saturated carbocycles. The molecule has 7 heteroatoms. The predicted octanol–water partition coefficient (Wildman–Crippen LogP) is 4.06. The van der Waals surface area contributed by atoms with E-state index in [9.17, 15) is 19.8 Å². The number of hydrogen-bond donors (Lipinski definition) is 4. The number of aromatic hydroxyl groups is 1. The standard InChI is InChI=1S/C26H37N3O4/c30-19-23(26(33)27-20-12-8-6-4-2-1-3-5-7-9-13-20)28-25(32)22-18-21(14-15-24(22)31)29-16-10-11-17-29/h10-11,14-18,20,23,30-31H,1-9,12-13,19H2,(H,27,33)(H,28,32). The zero-order chi connectivity index (χ0) is 23.5. The fourth-order valence-electron chi connectivity index (χ4n) is 4.41. The zero-order valence-electron chi connectivity index (χ0n) is 19.3. The molecule has 4 N–H and O–H groups in total. The third-order valence-corrected chi connectivity index (χ3v) is 6.38. The number of phenols is 1. The zero-order valence-corrected chi connectivity index (χ0v) is 19.3. The average Bonchev–Trinajstić information content (AvgIpc) is 3.34. The summed E-state index contributed by atoms with van der Waals surface area (Å²) in [5.41, 5.74) is 0.764. The molecule has 1 aliphatic rings. The molecule has 1 aromatic heterocycles. The third-order valence-electron chi connectivity index (χ3n) is 6.38. The first kappa shape index (κ1) is 24.8. The molecule has 180 valence electrons. The van der Waals surface area contributed by atoms with Gasteiger partial charge >= 0.3 is 0 Å². The second-order valence-electron chi connectivity index (χ2n) is 8.97. The highest BCUT2D eigenvalue weighted by Crippen LogP contribution is 2.21. The Morgan fingerprint density at radius 3 is 2.09 bits per heavy atom. The Balaban J connectivity index is 1.61. The molecule has 1 unspecified atom stereocenters. The molecule has 2 aromatic rings. The molecule has 0 aliphatic heterocycles. The van der Waals surface area contributed by atoms with E-state index < -0.39 is 18.6 Å². The second kappa shape index (κ2) is 13.0. The summed E-state index contributed by atoms with van der Waals surface area (Å²) in [6, 6.07) is 7.41. The lowest BCUT2D eigenvalue weighted by Gasteiger charge is -2.23. The summed E-state index contributed by atoms with van der Waals surface area (Å²) in [7, 11) is 0. The van der Waals surface area contributed by atoms with Crippen molar-refractivity contribution in [2.24, 2.45) is 0 Å². The third kappa shape index (κ3) is 7.63. The summed E-state index contributed by atoms with van der Waals surface area (Å²) < 4.78 is 1.82. The van der Waals surface area contributed by atoms with Crippen LogP contribution in [0.25, 0.3) is 5.69 Å². The van der Waals surface area contributed by atoms with Gasteiger partial charge in [-0.2, -0.15) is 0 Å². The molecule has 3 rings (SSSR count).